The van der Waals surface area contributed by atoms with Crippen molar-refractivity contribution in [2.45, 2.75) is 77.6 Å². The molecule has 262 valence electrons. The zero-order chi connectivity index (χ0) is 36.4. The molecule has 0 saturated carbocycles. The molecule has 0 spiro atoms. The summed E-state index contributed by atoms with van der Waals surface area (Å²) in [5, 5.41) is 0. The van der Waals surface area contributed by atoms with Crippen molar-refractivity contribution in [2.24, 2.45) is 0 Å². The van der Waals surface area contributed by atoms with Crippen molar-refractivity contribution in [2.75, 3.05) is 9.80 Å². The summed E-state index contributed by atoms with van der Waals surface area (Å²) in [5.74, 6) is 3.66. The minimum Gasteiger partial charge on any atom is -0.458 e. The molecule has 10 rings (SSSR count). The monoisotopic (exact) mass is 692 g/mol. The lowest BCUT2D eigenvalue weighted by molar-refractivity contribution is 0.330. The highest BCUT2D eigenvalue weighted by atomic mass is 16.5. The second-order valence-electron chi connectivity index (χ2n) is 17.7. The number of hydrogen-bond acceptors (Lipinski definition) is 4. The van der Waals surface area contributed by atoms with Gasteiger partial charge in [0.2, 0.25) is 0 Å². The molecule has 4 nitrogen and oxygen atoms in total. The Bertz CT molecular complexity index is 2430. The van der Waals surface area contributed by atoms with Crippen LogP contribution in [0.3, 0.4) is 0 Å². The van der Waals surface area contributed by atoms with Crippen molar-refractivity contribution in [3.63, 3.8) is 0 Å². The van der Waals surface area contributed by atoms with Crippen LogP contribution in [0.2, 0.25) is 0 Å². The van der Waals surface area contributed by atoms with Crippen molar-refractivity contribution in [1.82, 2.24) is 0 Å². The number of anilines is 6. The van der Waals surface area contributed by atoms with E-state index in [0.29, 0.717) is 0 Å². The highest BCUT2D eigenvalue weighted by molar-refractivity contribution is 6.98. The van der Waals surface area contributed by atoms with Crippen LogP contribution in [-0.2, 0) is 16.2 Å². The molecule has 0 N–H and O–H groups in total. The fraction of sp³-hybridized carbons (Fsp3) is 0.250. The molecule has 0 atom stereocenters. The van der Waals surface area contributed by atoms with Crippen molar-refractivity contribution in [3.05, 3.63) is 138 Å². The highest BCUT2D eigenvalue weighted by Gasteiger charge is 2.45. The first-order valence-corrected chi connectivity index (χ1v) is 19.1. The maximum absolute atomic E-state index is 7.04. The van der Waals surface area contributed by atoms with Crippen LogP contribution < -0.4 is 35.7 Å². The van der Waals surface area contributed by atoms with Crippen LogP contribution >= 0.6 is 0 Å². The largest absolute Gasteiger partial charge is 0.458 e. The van der Waals surface area contributed by atoms with Crippen LogP contribution in [0.1, 0.15) is 78.0 Å². The SMILES string of the molecule is CC(C)(C)c1cc2c3c(c1)Oc1cc4c(cc1B3c1ccc(N3c5ccccc5N(c5ccccc5)c5ccccc53)cc1O2)C(C)(C)CCC4(C)C. The van der Waals surface area contributed by atoms with Crippen molar-refractivity contribution in [1.29, 1.82) is 0 Å². The van der Waals surface area contributed by atoms with Gasteiger partial charge in [0, 0.05) is 22.9 Å². The standard InChI is InChI=1S/C48H45BN2O2/c1-46(2,3)30-25-43-45-44(26-30)53-42-29-34-33(47(4,5)23-24-48(34,6)7)28-36(42)49(45)35-22-21-32(27-41(35)52-43)51-39-19-13-11-17-37(39)50(31-15-9-8-10-16-31)38-18-12-14-20-40(38)51/h8-22,25-29H,23-24H2,1-7H3. The topological polar surface area (TPSA) is 24.9 Å². The molecular weight excluding hydrogens is 647 g/mol. The Kier molecular flexibility index (Phi) is 6.73. The molecule has 0 aromatic heterocycles. The third kappa shape index (κ3) is 4.82. The predicted molar refractivity (Wildman–Crippen MR) is 221 cm³/mol. The van der Waals surface area contributed by atoms with Gasteiger partial charge < -0.3 is 19.3 Å². The van der Waals surface area contributed by atoms with Gasteiger partial charge in [-0.25, -0.2) is 0 Å². The summed E-state index contributed by atoms with van der Waals surface area (Å²) >= 11 is 0. The van der Waals surface area contributed by atoms with Gasteiger partial charge in [-0.1, -0.05) is 103 Å². The van der Waals surface area contributed by atoms with E-state index in [4.69, 9.17) is 9.47 Å². The number of benzene rings is 6. The Morgan fingerprint density at radius 2 is 1.00 bits per heavy atom. The second kappa shape index (κ2) is 11.1. The number of rotatable bonds is 2. The van der Waals surface area contributed by atoms with Crippen molar-refractivity contribution >= 4 is 57.2 Å². The number of para-hydroxylation sites is 5. The molecule has 53 heavy (non-hydrogen) atoms. The van der Waals surface area contributed by atoms with Crippen molar-refractivity contribution < 1.29 is 9.47 Å². The number of nitrogens with zero attached hydrogens (tertiary/aromatic N) is 2. The second-order valence-corrected chi connectivity index (χ2v) is 17.7. The van der Waals surface area contributed by atoms with Crippen LogP contribution in [0.25, 0.3) is 0 Å². The lowest BCUT2D eigenvalue weighted by Crippen LogP contribution is -2.58. The first kappa shape index (κ1) is 32.3. The van der Waals surface area contributed by atoms with Crippen LogP contribution in [0.4, 0.5) is 34.1 Å². The number of hydrogen-bond donors (Lipinski definition) is 0. The smallest absolute Gasteiger partial charge is 0.260 e. The normalized spacial score (nSPS) is 16.9. The summed E-state index contributed by atoms with van der Waals surface area (Å²) < 4.78 is 14.0. The van der Waals surface area contributed by atoms with Gasteiger partial charge in [-0.3, -0.25) is 0 Å². The minimum atomic E-state index is -0.0795. The molecule has 0 unspecified atom stereocenters. The van der Waals surface area contributed by atoms with Gasteiger partial charge in [0.15, 0.2) is 0 Å². The zero-order valence-electron chi connectivity index (χ0n) is 31.7. The molecule has 6 aromatic rings. The van der Waals surface area contributed by atoms with Gasteiger partial charge in [0.05, 0.1) is 22.7 Å². The van der Waals surface area contributed by atoms with Crippen LogP contribution in [0.15, 0.2) is 121 Å². The summed E-state index contributed by atoms with van der Waals surface area (Å²) in [6.45, 7) is 16.4. The molecular formula is C48H45BN2O2. The third-order valence-electron chi connectivity index (χ3n) is 12.3. The van der Waals surface area contributed by atoms with E-state index in [-0.39, 0.29) is 23.0 Å². The predicted octanol–water partition coefficient (Wildman–Crippen LogP) is 11.3. The molecule has 3 aliphatic heterocycles. The summed E-state index contributed by atoms with van der Waals surface area (Å²) in [5.41, 5.74) is 14.4. The first-order chi connectivity index (χ1) is 25.4. The molecule has 6 aromatic carbocycles. The van der Waals surface area contributed by atoms with Crippen LogP contribution in [-0.4, -0.2) is 6.71 Å². The van der Waals surface area contributed by atoms with E-state index in [1.54, 1.807) is 0 Å². The maximum atomic E-state index is 7.04. The Morgan fingerprint density at radius 3 is 1.55 bits per heavy atom. The quantitative estimate of drug-likeness (QED) is 0.168. The Labute approximate surface area is 314 Å². The summed E-state index contributed by atoms with van der Waals surface area (Å²) in [6, 6.07) is 44.2. The molecule has 0 amide bonds. The maximum Gasteiger partial charge on any atom is 0.260 e. The molecule has 5 heteroatoms. The number of fused-ring (bicyclic) bond motifs is 7. The van der Waals surface area contributed by atoms with E-state index < -0.39 is 0 Å². The molecule has 0 fully saturated rings. The molecule has 0 radical (unpaired) electrons. The molecule has 3 heterocycles. The van der Waals surface area contributed by atoms with Gasteiger partial charge >= 0.3 is 0 Å². The lowest BCUT2D eigenvalue weighted by atomic mass is 9.34. The summed E-state index contributed by atoms with van der Waals surface area (Å²) in [4.78, 5) is 4.75. The molecule has 0 bridgehead atoms. The average molecular weight is 693 g/mol. The fourth-order valence-electron chi connectivity index (χ4n) is 9.19. The molecule has 4 aliphatic rings. The van der Waals surface area contributed by atoms with E-state index >= 15 is 0 Å². The van der Waals surface area contributed by atoms with Crippen LogP contribution in [0.5, 0.6) is 23.0 Å². The van der Waals surface area contributed by atoms with E-state index in [1.165, 1.54) is 27.6 Å². The third-order valence-corrected chi connectivity index (χ3v) is 12.3. The van der Waals surface area contributed by atoms with E-state index in [2.05, 4.69) is 180 Å². The van der Waals surface area contributed by atoms with Crippen molar-refractivity contribution in [3.8, 4) is 23.0 Å². The Balaban J connectivity index is 1.17. The van der Waals surface area contributed by atoms with E-state index in [0.717, 1.165) is 75.4 Å². The van der Waals surface area contributed by atoms with Crippen LogP contribution in [0, 0.1) is 0 Å². The van der Waals surface area contributed by atoms with Gasteiger partial charge in [0.25, 0.3) is 6.71 Å². The molecule has 0 saturated heterocycles. The Hall–Kier alpha value is -5.42. The molecule has 1 aliphatic carbocycles. The van der Waals surface area contributed by atoms with Gasteiger partial charge in [-0.15, -0.1) is 0 Å². The zero-order valence-corrected chi connectivity index (χ0v) is 31.7. The fourth-order valence-corrected chi connectivity index (χ4v) is 9.19. The highest BCUT2D eigenvalue weighted by Crippen LogP contribution is 2.54. The summed E-state index contributed by atoms with van der Waals surface area (Å²) in [6.07, 6.45) is 2.33. The summed E-state index contributed by atoms with van der Waals surface area (Å²) in [7, 11) is 0. The van der Waals surface area contributed by atoms with E-state index in [9.17, 15) is 0 Å². The Morgan fingerprint density at radius 1 is 0.509 bits per heavy atom. The van der Waals surface area contributed by atoms with Gasteiger partial charge in [-0.05, 0) is 117 Å². The lowest BCUT2D eigenvalue weighted by Gasteiger charge is -2.44. The van der Waals surface area contributed by atoms with Gasteiger partial charge in [-0.2, -0.15) is 0 Å². The first-order valence-electron chi connectivity index (χ1n) is 19.1. The average Bonchev–Trinajstić information content (AvgIpc) is 3.14. The van der Waals surface area contributed by atoms with Gasteiger partial charge in [0.1, 0.15) is 23.0 Å². The number of ether oxygens (including phenoxy) is 2. The van der Waals surface area contributed by atoms with E-state index in [1.807, 2.05) is 0 Å². The minimum absolute atomic E-state index is 0.00351.